The summed E-state index contributed by atoms with van der Waals surface area (Å²) in [4.78, 5) is 0. The molecular formula is C27H40B2O6. The highest BCUT2D eigenvalue weighted by Gasteiger charge is 2.46. The van der Waals surface area contributed by atoms with Crippen LogP contribution in [0.1, 0.15) is 80.4 Å². The van der Waals surface area contributed by atoms with E-state index in [4.69, 9.17) is 9.31 Å². The van der Waals surface area contributed by atoms with Gasteiger partial charge in [-0.05, 0) is 88.6 Å². The standard InChI is InChI=1S/C27H40B2O6/c1-23(2)21-15-17(28(32)33)11-13-19(21)20-14-12-18(16-22(20)23)29(34-26(7,8)24(3,4)30)35-27(9,10)25(5,6)31/h11-16,30-33H,1-10H3. The second-order valence-corrected chi connectivity index (χ2v) is 12.3. The van der Waals surface area contributed by atoms with Crippen LogP contribution in [-0.2, 0) is 14.7 Å². The molecule has 1 aliphatic carbocycles. The Hall–Kier alpha value is -1.67. The van der Waals surface area contributed by atoms with Gasteiger partial charge < -0.3 is 29.6 Å². The Morgan fingerprint density at radius 2 is 1.03 bits per heavy atom. The highest BCUT2D eigenvalue weighted by Crippen LogP contribution is 2.48. The first-order chi connectivity index (χ1) is 15.7. The van der Waals surface area contributed by atoms with Crippen LogP contribution in [-0.4, -0.2) is 56.9 Å². The SMILES string of the molecule is CC1(C)c2cc(B(O)O)ccc2-c2ccc(B(OC(C)(C)C(C)(C)O)OC(C)(C)C(C)(C)O)cc21. The first kappa shape index (κ1) is 27.9. The van der Waals surface area contributed by atoms with E-state index in [1.807, 2.05) is 52.0 Å². The molecule has 0 saturated heterocycles. The van der Waals surface area contributed by atoms with Crippen LogP contribution in [0.2, 0.25) is 0 Å². The van der Waals surface area contributed by atoms with E-state index in [-0.39, 0.29) is 0 Å². The zero-order valence-electron chi connectivity index (χ0n) is 22.7. The maximum atomic E-state index is 10.8. The lowest BCUT2D eigenvalue weighted by atomic mass is 9.71. The van der Waals surface area contributed by atoms with Gasteiger partial charge in [-0.3, -0.25) is 0 Å². The number of rotatable bonds is 8. The average Bonchev–Trinajstić information content (AvgIpc) is 2.92. The molecule has 6 nitrogen and oxygen atoms in total. The predicted octanol–water partition coefficient (Wildman–Crippen LogP) is 2.50. The topological polar surface area (TPSA) is 99.4 Å². The smallest absolute Gasteiger partial charge is 0.423 e. The zero-order chi connectivity index (χ0) is 26.8. The lowest BCUT2D eigenvalue weighted by Gasteiger charge is -2.43. The summed E-state index contributed by atoms with van der Waals surface area (Å²) >= 11 is 0. The Balaban J connectivity index is 2.11. The third-order valence-corrected chi connectivity index (χ3v) is 8.04. The molecule has 0 heterocycles. The minimum absolute atomic E-state index is 0.395. The van der Waals surface area contributed by atoms with Gasteiger partial charge in [0, 0.05) is 5.41 Å². The first-order valence-electron chi connectivity index (χ1n) is 12.1. The summed E-state index contributed by atoms with van der Waals surface area (Å²) < 4.78 is 12.9. The number of hydrogen-bond donors (Lipinski definition) is 4. The fraction of sp³-hybridized carbons (Fsp3) is 0.556. The van der Waals surface area contributed by atoms with Crippen LogP contribution in [0, 0.1) is 0 Å². The van der Waals surface area contributed by atoms with E-state index in [1.165, 1.54) is 0 Å². The Kier molecular flexibility index (Phi) is 6.95. The largest absolute Gasteiger partial charge is 0.494 e. The van der Waals surface area contributed by atoms with Gasteiger partial charge in [-0.2, -0.15) is 0 Å². The maximum absolute atomic E-state index is 10.8. The van der Waals surface area contributed by atoms with E-state index >= 15 is 0 Å². The quantitative estimate of drug-likeness (QED) is 0.432. The average molecular weight is 482 g/mol. The first-order valence-corrected chi connectivity index (χ1v) is 12.1. The predicted molar refractivity (Wildman–Crippen MR) is 142 cm³/mol. The van der Waals surface area contributed by atoms with Gasteiger partial charge >= 0.3 is 14.2 Å². The van der Waals surface area contributed by atoms with Gasteiger partial charge in [-0.1, -0.05) is 50.2 Å². The van der Waals surface area contributed by atoms with E-state index in [0.29, 0.717) is 5.46 Å². The van der Waals surface area contributed by atoms with Crippen LogP contribution >= 0.6 is 0 Å². The minimum Gasteiger partial charge on any atom is -0.423 e. The Morgan fingerprint density at radius 3 is 1.40 bits per heavy atom. The molecule has 1 aliphatic rings. The molecule has 35 heavy (non-hydrogen) atoms. The normalized spacial score (nSPS) is 15.6. The summed E-state index contributed by atoms with van der Waals surface area (Å²) in [7, 11) is -2.40. The lowest BCUT2D eigenvalue weighted by molar-refractivity contribution is -0.131. The van der Waals surface area contributed by atoms with Crippen LogP contribution in [0.4, 0.5) is 0 Å². The molecule has 0 aliphatic heterocycles. The summed E-state index contributed by atoms with van der Waals surface area (Å²) in [6.07, 6.45) is 0. The molecule has 4 N–H and O–H groups in total. The molecule has 0 fully saturated rings. The Bertz CT molecular complexity index is 1070. The summed E-state index contributed by atoms with van der Waals surface area (Å²) in [5, 5.41) is 40.9. The number of hydrogen-bond acceptors (Lipinski definition) is 6. The number of fused-ring (bicyclic) bond motifs is 3. The summed E-state index contributed by atoms with van der Waals surface area (Å²) in [6, 6.07) is 11.5. The third-order valence-electron chi connectivity index (χ3n) is 8.04. The number of benzene rings is 2. The molecule has 0 aromatic heterocycles. The second kappa shape index (κ2) is 8.72. The summed E-state index contributed by atoms with van der Waals surface area (Å²) in [5.41, 5.74) is 0.790. The van der Waals surface area contributed by atoms with Crippen LogP contribution < -0.4 is 10.9 Å². The lowest BCUT2D eigenvalue weighted by Crippen LogP contribution is -2.59. The molecule has 0 radical (unpaired) electrons. The highest BCUT2D eigenvalue weighted by molar-refractivity contribution is 6.61. The van der Waals surface area contributed by atoms with Crippen molar-refractivity contribution in [1.29, 1.82) is 0 Å². The second-order valence-electron chi connectivity index (χ2n) is 12.3. The van der Waals surface area contributed by atoms with Gasteiger partial charge in [0.1, 0.15) is 0 Å². The molecule has 0 saturated carbocycles. The van der Waals surface area contributed by atoms with Crippen molar-refractivity contribution in [2.75, 3.05) is 0 Å². The van der Waals surface area contributed by atoms with E-state index in [2.05, 4.69) is 19.9 Å². The molecule has 0 bridgehead atoms. The van der Waals surface area contributed by atoms with Crippen molar-refractivity contribution >= 4 is 25.2 Å². The van der Waals surface area contributed by atoms with Gasteiger partial charge in [0.05, 0.1) is 22.4 Å². The van der Waals surface area contributed by atoms with Crippen LogP contribution in [0.5, 0.6) is 0 Å². The zero-order valence-corrected chi connectivity index (χ0v) is 22.7. The molecule has 2 aromatic carbocycles. The molecular weight excluding hydrogens is 442 g/mol. The van der Waals surface area contributed by atoms with E-state index in [0.717, 1.165) is 27.7 Å². The maximum Gasteiger partial charge on any atom is 0.494 e. The molecule has 0 spiro atoms. The van der Waals surface area contributed by atoms with Crippen LogP contribution in [0.25, 0.3) is 11.1 Å². The monoisotopic (exact) mass is 482 g/mol. The molecule has 190 valence electrons. The molecule has 3 rings (SSSR count). The molecule has 0 atom stereocenters. The van der Waals surface area contributed by atoms with E-state index in [9.17, 15) is 20.3 Å². The van der Waals surface area contributed by atoms with Crippen LogP contribution in [0.3, 0.4) is 0 Å². The number of aliphatic hydroxyl groups is 2. The van der Waals surface area contributed by atoms with E-state index in [1.54, 1.807) is 33.8 Å². The van der Waals surface area contributed by atoms with Crippen molar-refractivity contribution in [2.45, 2.75) is 97.1 Å². The van der Waals surface area contributed by atoms with Crippen molar-refractivity contribution in [3.05, 3.63) is 47.5 Å². The van der Waals surface area contributed by atoms with Gasteiger partial charge in [0.25, 0.3) is 0 Å². The summed E-state index contributed by atoms with van der Waals surface area (Å²) in [5.74, 6) is 0. The third kappa shape index (κ3) is 5.10. The van der Waals surface area contributed by atoms with Crippen molar-refractivity contribution in [1.82, 2.24) is 0 Å². The molecule has 0 unspecified atom stereocenters. The van der Waals surface area contributed by atoms with Gasteiger partial charge in [0.2, 0.25) is 0 Å². The fourth-order valence-electron chi connectivity index (χ4n) is 4.06. The van der Waals surface area contributed by atoms with Crippen LogP contribution in [0.15, 0.2) is 36.4 Å². The van der Waals surface area contributed by atoms with Crippen molar-refractivity contribution < 1.29 is 29.6 Å². The summed E-state index contributed by atoms with van der Waals surface area (Å²) in [6.45, 7) is 18.2. The fourth-order valence-corrected chi connectivity index (χ4v) is 4.06. The van der Waals surface area contributed by atoms with Gasteiger partial charge in [0.15, 0.2) is 0 Å². The van der Waals surface area contributed by atoms with Crippen molar-refractivity contribution in [2.24, 2.45) is 0 Å². The Labute approximate surface area is 210 Å². The minimum atomic E-state index is -1.53. The Morgan fingerprint density at radius 1 is 0.657 bits per heavy atom. The molecule has 0 amide bonds. The molecule has 2 aromatic rings. The van der Waals surface area contributed by atoms with E-state index < -0.39 is 42.1 Å². The molecule has 8 heteroatoms. The van der Waals surface area contributed by atoms with Gasteiger partial charge in [-0.25, -0.2) is 0 Å². The highest BCUT2D eigenvalue weighted by atomic mass is 16.6. The van der Waals surface area contributed by atoms with Crippen molar-refractivity contribution in [3.63, 3.8) is 0 Å². The van der Waals surface area contributed by atoms with Crippen molar-refractivity contribution in [3.8, 4) is 11.1 Å². The van der Waals surface area contributed by atoms with Gasteiger partial charge in [-0.15, -0.1) is 0 Å².